The van der Waals surface area contributed by atoms with E-state index in [0.29, 0.717) is 35.3 Å². The first-order valence-electron chi connectivity index (χ1n) is 5.82. The van der Waals surface area contributed by atoms with Gasteiger partial charge in [0.05, 0.1) is 23.8 Å². The quantitative estimate of drug-likeness (QED) is 0.563. The lowest BCUT2D eigenvalue weighted by molar-refractivity contribution is 0.0985. The Morgan fingerprint density at radius 2 is 1.78 bits per heavy atom. The molecule has 0 amide bonds. The summed E-state index contributed by atoms with van der Waals surface area (Å²) in [5.41, 5.74) is 0.450. The predicted octanol–water partition coefficient (Wildman–Crippen LogP) is 3.95. The molecule has 0 aromatic heterocycles. The molecule has 0 fully saturated rings. The van der Waals surface area contributed by atoms with Gasteiger partial charge in [0, 0.05) is 18.4 Å². The number of halogens is 2. The Bertz CT molecular complexity index is 419. The number of benzene rings is 1. The zero-order valence-electron chi connectivity index (χ0n) is 10.5. The molecule has 100 valence electrons. The van der Waals surface area contributed by atoms with Crippen LogP contribution in [0, 0.1) is 0 Å². The van der Waals surface area contributed by atoms with Gasteiger partial charge in [0.1, 0.15) is 11.5 Å². The second-order valence-corrected chi connectivity index (χ2v) is 4.29. The Morgan fingerprint density at radius 1 is 1.17 bits per heavy atom. The van der Waals surface area contributed by atoms with Crippen LogP contribution in [-0.2, 0) is 0 Å². The number of hydrogen-bond acceptors (Lipinski definition) is 3. The van der Waals surface area contributed by atoms with Crippen molar-refractivity contribution >= 4 is 29.0 Å². The summed E-state index contributed by atoms with van der Waals surface area (Å²) in [5.74, 6) is 1.19. The molecule has 0 N–H and O–H groups in total. The lowest BCUT2D eigenvalue weighted by Crippen LogP contribution is -2.06. The summed E-state index contributed by atoms with van der Waals surface area (Å²) in [7, 11) is 0. The summed E-state index contributed by atoms with van der Waals surface area (Å²) in [6.07, 6.45) is 0.256. The zero-order valence-corrected chi connectivity index (χ0v) is 12.0. The Labute approximate surface area is 117 Å². The van der Waals surface area contributed by atoms with E-state index in [1.165, 1.54) is 0 Å². The molecule has 0 saturated carbocycles. The Kier molecular flexibility index (Phi) is 6.30. The topological polar surface area (TPSA) is 35.5 Å². The molecular formula is C13H16Cl2O3. The molecule has 0 radical (unpaired) electrons. The number of carbonyl (C=O) groups excluding carboxylic acids is 1. The van der Waals surface area contributed by atoms with Gasteiger partial charge in [-0.15, -0.1) is 11.6 Å². The third kappa shape index (κ3) is 3.79. The molecule has 0 aliphatic heterocycles. The molecular weight excluding hydrogens is 275 g/mol. The molecule has 18 heavy (non-hydrogen) atoms. The van der Waals surface area contributed by atoms with Gasteiger partial charge in [-0.1, -0.05) is 11.6 Å². The number of alkyl halides is 1. The van der Waals surface area contributed by atoms with Crippen LogP contribution in [0.25, 0.3) is 0 Å². The summed E-state index contributed by atoms with van der Waals surface area (Å²) >= 11 is 11.6. The summed E-state index contributed by atoms with van der Waals surface area (Å²) in [5, 5.41) is 0.401. The molecule has 1 rings (SSSR count). The summed E-state index contributed by atoms with van der Waals surface area (Å²) in [4.78, 5) is 11.9. The van der Waals surface area contributed by atoms with Crippen LogP contribution in [0.4, 0.5) is 0 Å². The number of Topliss-reactive ketones (excluding diaryl/α,β-unsaturated/α-hetero) is 1. The van der Waals surface area contributed by atoms with Gasteiger partial charge >= 0.3 is 0 Å². The van der Waals surface area contributed by atoms with Crippen LogP contribution in [0.5, 0.6) is 11.5 Å². The molecule has 0 aliphatic carbocycles. The van der Waals surface area contributed by atoms with Gasteiger partial charge in [0.25, 0.3) is 0 Å². The predicted molar refractivity (Wildman–Crippen MR) is 73.5 cm³/mol. The minimum atomic E-state index is -0.0848. The SMILES string of the molecule is CCOc1cc(OCC)c(C(=O)CCCl)cc1Cl. The van der Waals surface area contributed by atoms with E-state index in [9.17, 15) is 4.79 Å². The Hall–Kier alpha value is -0.930. The zero-order chi connectivity index (χ0) is 13.5. The minimum absolute atomic E-state index is 0.0848. The van der Waals surface area contributed by atoms with E-state index in [1.807, 2.05) is 13.8 Å². The Morgan fingerprint density at radius 3 is 2.33 bits per heavy atom. The van der Waals surface area contributed by atoms with Gasteiger partial charge in [-0.3, -0.25) is 4.79 Å². The fraction of sp³-hybridized carbons (Fsp3) is 0.462. The molecule has 0 heterocycles. The number of carbonyl (C=O) groups is 1. The average Bonchev–Trinajstić information content (AvgIpc) is 2.34. The van der Waals surface area contributed by atoms with E-state index < -0.39 is 0 Å². The lowest BCUT2D eigenvalue weighted by atomic mass is 10.1. The fourth-order valence-electron chi connectivity index (χ4n) is 1.51. The van der Waals surface area contributed by atoms with Crippen molar-refractivity contribution in [3.8, 4) is 11.5 Å². The molecule has 1 aromatic carbocycles. The van der Waals surface area contributed by atoms with Crippen molar-refractivity contribution in [2.75, 3.05) is 19.1 Å². The highest BCUT2D eigenvalue weighted by molar-refractivity contribution is 6.32. The van der Waals surface area contributed by atoms with E-state index in [0.717, 1.165) is 0 Å². The van der Waals surface area contributed by atoms with Gasteiger partial charge in [-0.05, 0) is 19.9 Å². The molecule has 3 nitrogen and oxygen atoms in total. The normalized spacial score (nSPS) is 10.2. The maximum absolute atomic E-state index is 11.9. The van der Waals surface area contributed by atoms with E-state index in [4.69, 9.17) is 32.7 Å². The van der Waals surface area contributed by atoms with Crippen molar-refractivity contribution in [2.24, 2.45) is 0 Å². The van der Waals surface area contributed by atoms with Gasteiger partial charge in [0.2, 0.25) is 0 Å². The van der Waals surface area contributed by atoms with Crippen LogP contribution in [-0.4, -0.2) is 24.9 Å². The number of rotatable bonds is 7. The van der Waals surface area contributed by atoms with Crippen LogP contribution in [0.15, 0.2) is 12.1 Å². The minimum Gasteiger partial charge on any atom is -0.493 e. The van der Waals surface area contributed by atoms with Crippen LogP contribution < -0.4 is 9.47 Å². The fourth-order valence-corrected chi connectivity index (χ4v) is 1.90. The highest BCUT2D eigenvalue weighted by Crippen LogP contribution is 2.33. The first kappa shape index (κ1) is 15.1. The third-order valence-corrected chi connectivity index (χ3v) is 2.74. The molecule has 1 aromatic rings. The van der Waals surface area contributed by atoms with Crippen molar-refractivity contribution in [3.63, 3.8) is 0 Å². The molecule has 0 aliphatic rings. The first-order valence-corrected chi connectivity index (χ1v) is 6.73. The highest BCUT2D eigenvalue weighted by Gasteiger charge is 2.16. The van der Waals surface area contributed by atoms with Crippen molar-refractivity contribution in [1.82, 2.24) is 0 Å². The molecule has 0 bridgehead atoms. The van der Waals surface area contributed by atoms with E-state index >= 15 is 0 Å². The van der Waals surface area contributed by atoms with Crippen molar-refractivity contribution < 1.29 is 14.3 Å². The number of hydrogen-bond donors (Lipinski definition) is 0. The molecule has 0 atom stereocenters. The summed E-state index contributed by atoms with van der Waals surface area (Å²) < 4.78 is 10.8. The number of ether oxygens (including phenoxy) is 2. The van der Waals surface area contributed by atoms with Gasteiger partial charge in [-0.25, -0.2) is 0 Å². The smallest absolute Gasteiger partial charge is 0.167 e. The van der Waals surface area contributed by atoms with Gasteiger partial charge in [0.15, 0.2) is 5.78 Å². The maximum atomic E-state index is 11.9. The monoisotopic (exact) mass is 290 g/mol. The largest absolute Gasteiger partial charge is 0.493 e. The van der Waals surface area contributed by atoms with E-state index in [2.05, 4.69) is 0 Å². The van der Waals surface area contributed by atoms with Crippen molar-refractivity contribution in [2.45, 2.75) is 20.3 Å². The van der Waals surface area contributed by atoms with E-state index in [-0.39, 0.29) is 18.1 Å². The molecule has 5 heteroatoms. The van der Waals surface area contributed by atoms with Crippen LogP contribution >= 0.6 is 23.2 Å². The number of ketones is 1. The average molecular weight is 291 g/mol. The van der Waals surface area contributed by atoms with Crippen LogP contribution in [0.2, 0.25) is 5.02 Å². The molecule has 0 saturated heterocycles. The second-order valence-electron chi connectivity index (χ2n) is 3.51. The van der Waals surface area contributed by atoms with Crippen molar-refractivity contribution in [1.29, 1.82) is 0 Å². The summed E-state index contributed by atoms with van der Waals surface area (Å²) in [6, 6.07) is 3.23. The third-order valence-electron chi connectivity index (χ3n) is 2.26. The van der Waals surface area contributed by atoms with E-state index in [1.54, 1.807) is 12.1 Å². The summed E-state index contributed by atoms with van der Waals surface area (Å²) in [6.45, 7) is 4.68. The van der Waals surface area contributed by atoms with Gasteiger partial charge < -0.3 is 9.47 Å². The van der Waals surface area contributed by atoms with Gasteiger partial charge in [-0.2, -0.15) is 0 Å². The first-order chi connectivity index (χ1) is 8.63. The molecule has 0 spiro atoms. The van der Waals surface area contributed by atoms with Crippen LogP contribution in [0.1, 0.15) is 30.6 Å². The second kappa shape index (κ2) is 7.49. The lowest BCUT2D eigenvalue weighted by Gasteiger charge is -2.13. The molecule has 0 unspecified atom stereocenters. The van der Waals surface area contributed by atoms with Crippen molar-refractivity contribution in [3.05, 3.63) is 22.7 Å². The maximum Gasteiger partial charge on any atom is 0.167 e. The Balaban J connectivity index is 3.15. The van der Waals surface area contributed by atoms with Crippen LogP contribution in [0.3, 0.4) is 0 Å². The highest BCUT2D eigenvalue weighted by atomic mass is 35.5. The standard InChI is InChI=1S/C13H16Cl2O3/c1-3-17-12-8-13(18-4-2)10(15)7-9(12)11(16)5-6-14/h7-8H,3-6H2,1-2H3.